The highest BCUT2D eigenvalue weighted by molar-refractivity contribution is 7.89. The fourth-order valence-corrected chi connectivity index (χ4v) is 6.35. The van der Waals surface area contributed by atoms with Crippen molar-refractivity contribution in [1.82, 2.24) is 14.3 Å². The number of hydrogen-bond acceptors (Lipinski definition) is 6. The summed E-state index contributed by atoms with van der Waals surface area (Å²) in [5.41, 5.74) is 3.63. The molecule has 4 aromatic rings. The zero-order valence-corrected chi connectivity index (χ0v) is 21.1. The molecule has 38 heavy (non-hydrogen) atoms. The first-order valence-corrected chi connectivity index (χ1v) is 13.3. The van der Waals surface area contributed by atoms with Crippen LogP contribution in [0.5, 0.6) is 0 Å². The summed E-state index contributed by atoms with van der Waals surface area (Å²) in [4.78, 5) is 23.4. The number of imidazole rings is 1. The maximum absolute atomic E-state index is 14.1. The van der Waals surface area contributed by atoms with Gasteiger partial charge in [-0.1, -0.05) is 36.4 Å². The van der Waals surface area contributed by atoms with Crippen LogP contribution in [0.1, 0.15) is 16.8 Å². The molecule has 5 rings (SSSR count). The Morgan fingerprint density at radius 2 is 1.87 bits per heavy atom. The standard InChI is InChI=1S/C27H24N6O4S/c1-28-22-7-12-27-21(14-22)16-32(38(36,37)26-10-8-24(9-11-26)33(34)35)25(13-20-5-3-2-4-6-20)18-31(27)17-23-15-29-19-30-23/h2-12,14-15,19,25H,13,16-18H2,(H,29,30)/t25-/m1/s1. The number of sulfonamides is 1. The molecule has 0 aliphatic carbocycles. The van der Waals surface area contributed by atoms with Crippen molar-refractivity contribution in [2.45, 2.75) is 30.4 Å². The van der Waals surface area contributed by atoms with Crippen molar-refractivity contribution < 1.29 is 13.3 Å². The number of non-ortho nitro benzene ring substituents is 1. The smallest absolute Gasteiger partial charge is 0.269 e. The monoisotopic (exact) mass is 528 g/mol. The van der Waals surface area contributed by atoms with E-state index in [9.17, 15) is 18.5 Å². The van der Waals surface area contributed by atoms with Crippen molar-refractivity contribution in [3.63, 3.8) is 0 Å². The van der Waals surface area contributed by atoms with Crippen LogP contribution in [0.3, 0.4) is 0 Å². The number of anilines is 1. The number of aromatic nitrogens is 2. The van der Waals surface area contributed by atoms with Crippen LogP contribution in [-0.4, -0.2) is 40.2 Å². The summed E-state index contributed by atoms with van der Waals surface area (Å²) in [5.74, 6) is 0. The van der Waals surface area contributed by atoms with Gasteiger partial charge in [0.25, 0.3) is 5.69 Å². The molecule has 1 atom stereocenters. The van der Waals surface area contributed by atoms with Crippen molar-refractivity contribution in [3.05, 3.63) is 124 Å². The summed E-state index contributed by atoms with van der Waals surface area (Å²) in [6.45, 7) is 8.39. The van der Waals surface area contributed by atoms with Gasteiger partial charge in [-0.05, 0) is 41.8 Å². The summed E-state index contributed by atoms with van der Waals surface area (Å²) in [6, 6.07) is 19.5. The van der Waals surface area contributed by atoms with Crippen molar-refractivity contribution >= 4 is 27.1 Å². The lowest BCUT2D eigenvalue weighted by Gasteiger charge is -2.32. The SMILES string of the molecule is [C-]#[N+]c1ccc2c(c1)CN(S(=O)(=O)c1ccc([N+](=O)[O-])cc1)[C@H](Cc1ccccc1)CN2Cc1cnc[nH]1. The summed E-state index contributed by atoms with van der Waals surface area (Å²) in [7, 11) is -4.06. The molecular weight excluding hydrogens is 504 g/mol. The van der Waals surface area contributed by atoms with Crippen LogP contribution in [-0.2, 0) is 29.5 Å². The summed E-state index contributed by atoms with van der Waals surface area (Å²) < 4.78 is 29.6. The van der Waals surface area contributed by atoms with Crippen molar-refractivity contribution in [2.24, 2.45) is 0 Å². The predicted molar refractivity (Wildman–Crippen MR) is 142 cm³/mol. The lowest BCUT2D eigenvalue weighted by atomic mass is 10.1. The molecule has 0 spiro atoms. The molecule has 3 aromatic carbocycles. The van der Waals surface area contributed by atoms with Gasteiger partial charge >= 0.3 is 0 Å². The van der Waals surface area contributed by atoms with Gasteiger partial charge in [0.1, 0.15) is 0 Å². The molecule has 0 fully saturated rings. The molecule has 1 aliphatic rings. The van der Waals surface area contributed by atoms with E-state index in [-0.39, 0.29) is 17.1 Å². The van der Waals surface area contributed by atoms with E-state index in [0.29, 0.717) is 30.8 Å². The summed E-state index contributed by atoms with van der Waals surface area (Å²) >= 11 is 0. The van der Waals surface area contributed by atoms with Gasteiger partial charge in [-0.2, -0.15) is 4.31 Å². The Hall–Kier alpha value is -4.53. The van der Waals surface area contributed by atoms with E-state index in [2.05, 4.69) is 19.7 Å². The fraction of sp³-hybridized carbons (Fsp3) is 0.185. The summed E-state index contributed by atoms with van der Waals surface area (Å²) in [6.07, 6.45) is 3.79. The van der Waals surface area contributed by atoms with E-state index in [4.69, 9.17) is 6.57 Å². The van der Waals surface area contributed by atoms with E-state index < -0.39 is 21.0 Å². The van der Waals surface area contributed by atoms with E-state index in [1.54, 1.807) is 24.7 Å². The first-order valence-electron chi connectivity index (χ1n) is 11.9. The number of rotatable bonds is 7. The molecule has 0 unspecified atom stereocenters. The van der Waals surface area contributed by atoms with Gasteiger partial charge in [-0.3, -0.25) is 10.1 Å². The van der Waals surface area contributed by atoms with Gasteiger partial charge in [-0.15, -0.1) is 0 Å². The van der Waals surface area contributed by atoms with Gasteiger partial charge in [0, 0.05) is 43.1 Å². The number of nitro benzene ring substituents is 1. The molecule has 1 N–H and O–H groups in total. The highest BCUT2D eigenvalue weighted by Crippen LogP contribution is 2.35. The molecule has 2 heterocycles. The minimum Gasteiger partial charge on any atom is -0.364 e. The third-order valence-corrected chi connectivity index (χ3v) is 8.49. The van der Waals surface area contributed by atoms with Gasteiger partial charge in [0.15, 0.2) is 5.69 Å². The number of benzene rings is 3. The zero-order valence-electron chi connectivity index (χ0n) is 20.3. The highest BCUT2D eigenvalue weighted by atomic mass is 32.2. The van der Waals surface area contributed by atoms with Gasteiger partial charge < -0.3 is 9.88 Å². The zero-order chi connectivity index (χ0) is 26.7. The first-order chi connectivity index (χ1) is 18.3. The van der Waals surface area contributed by atoms with Crippen LogP contribution >= 0.6 is 0 Å². The molecule has 192 valence electrons. The molecule has 0 saturated heterocycles. The number of nitrogens with zero attached hydrogens (tertiary/aromatic N) is 5. The number of fused-ring (bicyclic) bond motifs is 1. The minimum absolute atomic E-state index is 0.0222. The third kappa shape index (κ3) is 5.13. The Labute approximate surface area is 220 Å². The minimum atomic E-state index is -4.06. The van der Waals surface area contributed by atoms with Crippen LogP contribution in [0.15, 0.2) is 90.2 Å². The Morgan fingerprint density at radius 1 is 1.11 bits per heavy atom. The molecule has 11 heteroatoms. The van der Waals surface area contributed by atoms with Crippen LogP contribution in [0, 0.1) is 16.7 Å². The molecular formula is C27H24N6O4S. The molecule has 0 amide bonds. The second-order valence-corrected chi connectivity index (χ2v) is 10.9. The average molecular weight is 529 g/mol. The lowest BCUT2D eigenvalue weighted by molar-refractivity contribution is -0.384. The Kier molecular flexibility index (Phi) is 6.91. The Balaban J connectivity index is 1.61. The van der Waals surface area contributed by atoms with Crippen molar-refractivity contribution in [3.8, 4) is 0 Å². The quantitative estimate of drug-likeness (QED) is 0.211. The molecule has 0 saturated carbocycles. The first kappa shape index (κ1) is 25.1. The second-order valence-electron chi connectivity index (χ2n) is 9.03. The maximum Gasteiger partial charge on any atom is 0.269 e. The Morgan fingerprint density at radius 3 is 2.53 bits per heavy atom. The Bertz CT molecular complexity index is 1580. The number of aromatic amines is 1. The highest BCUT2D eigenvalue weighted by Gasteiger charge is 2.37. The van der Waals surface area contributed by atoms with E-state index in [1.165, 1.54) is 28.6 Å². The second kappa shape index (κ2) is 10.5. The van der Waals surface area contributed by atoms with Crippen LogP contribution in [0.4, 0.5) is 17.1 Å². The number of nitrogens with one attached hydrogen (secondary N) is 1. The van der Waals surface area contributed by atoms with Crippen molar-refractivity contribution in [2.75, 3.05) is 11.4 Å². The normalized spacial score (nSPS) is 15.9. The lowest BCUT2D eigenvalue weighted by Crippen LogP contribution is -2.45. The van der Waals surface area contributed by atoms with E-state index in [0.717, 1.165) is 16.9 Å². The molecule has 10 nitrogen and oxygen atoms in total. The molecule has 1 aliphatic heterocycles. The molecule has 0 bridgehead atoms. The molecule has 0 radical (unpaired) electrons. The van der Waals surface area contributed by atoms with E-state index in [1.807, 2.05) is 36.4 Å². The fourth-order valence-electron chi connectivity index (χ4n) is 4.75. The predicted octanol–water partition coefficient (Wildman–Crippen LogP) is 4.69. The third-order valence-electron chi connectivity index (χ3n) is 6.58. The van der Waals surface area contributed by atoms with Crippen LogP contribution in [0.25, 0.3) is 4.85 Å². The van der Waals surface area contributed by atoms with Gasteiger partial charge in [0.05, 0.1) is 35.0 Å². The molecule has 1 aromatic heterocycles. The maximum atomic E-state index is 14.1. The van der Waals surface area contributed by atoms with E-state index >= 15 is 0 Å². The van der Waals surface area contributed by atoms with Gasteiger partial charge in [0.2, 0.25) is 10.0 Å². The van der Waals surface area contributed by atoms with Crippen LogP contribution in [0.2, 0.25) is 0 Å². The number of nitro groups is 1. The average Bonchev–Trinajstić information content (AvgIpc) is 3.39. The summed E-state index contributed by atoms with van der Waals surface area (Å²) in [5, 5.41) is 11.1. The largest absolute Gasteiger partial charge is 0.364 e. The van der Waals surface area contributed by atoms with Crippen LogP contribution < -0.4 is 4.90 Å². The van der Waals surface area contributed by atoms with Crippen molar-refractivity contribution in [1.29, 1.82) is 0 Å². The number of hydrogen-bond donors (Lipinski definition) is 1. The topological polar surface area (TPSA) is 117 Å². The van der Waals surface area contributed by atoms with Gasteiger partial charge in [-0.25, -0.2) is 18.2 Å². The number of H-pyrrole nitrogens is 1.